The van der Waals surface area contributed by atoms with Crippen molar-refractivity contribution in [3.05, 3.63) is 0 Å². The average molecular weight is 334 g/mol. The van der Waals surface area contributed by atoms with Gasteiger partial charge in [0.1, 0.15) is 0 Å². The summed E-state index contributed by atoms with van der Waals surface area (Å²) in [5.74, 6) is 0. The van der Waals surface area contributed by atoms with Gasteiger partial charge in [-0.2, -0.15) is 0 Å². The lowest BCUT2D eigenvalue weighted by Crippen LogP contribution is -2.40. The van der Waals surface area contributed by atoms with E-state index in [-0.39, 0.29) is 23.4 Å². The number of hydrogen-bond acceptors (Lipinski definition) is 5. The van der Waals surface area contributed by atoms with E-state index in [0.717, 1.165) is 25.7 Å². The molecule has 0 spiro atoms. The maximum absolute atomic E-state index is 6.23. The van der Waals surface area contributed by atoms with Gasteiger partial charge in [0.2, 0.25) is 0 Å². The van der Waals surface area contributed by atoms with Gasteiger partial charge in [0.15, 0.2) is 0 Å². The molecule has 0 bridgehead atoms. The van der Waals surface area contributed by atoms with Crippen LogP contribution in [0.15, 0.2) is 0 Å². The molecule has 23 heavy (non-hydrogen) atoms. The Balaban J connectivity index is 4.65. The second kappa shape index (κ2) is 11.4. The maximum Gasteiger partial charge on any atom is 0.0832 e. The van der Waals surface area contributed by atoms with Crippen molar-refractivity contribution in [3.8, 4) is 0 Å². The molecule has 0 heterocycles. The Morgan fingerprint density at radius 2 is 1.22 bits per heavy atom. The minimum Gasteiger partial charge on any atom is -0.382 e. The summed E-state index contributed by atoms with van der Waals surface area (Å²) >= 11 is 0. The molecular weight excluding hydrogens is 296 g/mol. The lowest BCUT2D eigenvalue weighted by atomic mass is 9.93. The van der Waals surface area contributed by atoms with E-state index in [1.54, 1.807) is 28.4 Å². The van der Waals surface area contributed by atoms with Crippen LogP contribution in [0.25, 0.3) is 0 Å². The highest BCUT2D eigenvalue weighted by molar-refractivity contribution is 4.81. The van der Waals surface area contributed by atoms with Crippen LogP contribution in [0.1, 0.15) is 53.4 Å². The molecule has 0 saturated heterocycles. The third kappa shape index (κ3) is 8.45. The quantitative estimate of drug-likeness (QED) is 0.487. The van der Waals surface area contributed by atoms with E-state index in [0.29, 0.717) is 13.2 Å². The van der Waals surface area contributed by atoms with Crippen LogP contribution in [-0.4, -0.2) is 65.1 Å². The Morgan fingerprint density at radius 3 is 1.61 bits per heavy atom. The summed E-state index contributed by atoms with van der Waals surface area (Å²) in [5.41, 5.74) is -0.441. The molecule has 0 aromatic carbocycles. The van der Waals surface area contributed by atoms with Crippen LogP contribution < -0.4 is 0 Å². The highest BCUT2D eigenvalue weighted by Crippen LogP contribution is 2.26. The fourth-order valence-corrected chi connectivity index (χ4v) is 2.54. The van der Waals surface area contributed by atoms with E-state index in [9.17, 15) is 0 Å². The molecule has 0 saturated carbocycles. The number of methoxy groups -OCH3 is 4. The SMILES string of the molecule is CCC(C)(CC(COC(C)(CC)CC(COC)OC)OC)OC. The highest BCUT2D eigenvalue weighted by Gasteiger charge is 2.31. The normalized spacial score (nSPS) is 19.8. The van der Waals surface area contributed by atoms with E-state index < -0.39 is 0 Å². The summed E-state index contributed by atoms with van der Waals surface area (Å²) in [5, 5.41) is 0. The van der Waals surface area contributed by atoms with Crippen LogP contribution in [0, 0.1) is 0 Å². The van der Waals surface area contributed by atoms with Gasteiger partial charge in [-0.1, -0.05) is 13.8 Å². The molecule has 0 aliphatic heterocycles. The molecule has 5 heteroatoms. The van der Waals surface area contributed by atoms with Gasteiger partial charge in [-0.05, 0) is 26.7 Å². The topological polar surface area (TPSA) is 46.2 Å². The summed E-state index contributed by atoms with van der Waals surface area (Å²) in [6, 6.07) is 0. The van der Waals surface area contributed by atoms with Crippen LogP contribution in [0.2, 0.25) is 0 Å². The second-order valence-electron chi connectivity index (χ2n) is 6.70. The molecule has 0 aliphatic rings. The fourth-order valence-electron chi connectivity index (χ4n) is 2.54. The first-order valence-corrected chi connectivity index (χ1v) is 8.55. The molecule has 0 aromatic rings. The Hall–Kier alpha value is -0.200. The van der Waals surface area contributed by atoms with Gasteiger partial charge in [0.25, 0.3) is 0 Å². The third-order valence-electron chi connectivity index (χ3n) is 4.94. The molecule has 0 N–H and O–H groups in total. The molecule has 140 valence electrons. The van der Waals surface area contributed by atoms with Crippen LogP contribution in [0.4, 0.5) is 0 Å². The van der Waals surface area contributed by atoms with E-state index >= 15 is 0 Å². The van der Waals surface area contributed by atoms with Gasteiger partial charge in [-0.15, -0.1) is 0 Å². The summed E-state index contributed by atoms with van der Waals surface area (Å²) in [6.07, 6.45) is 3.48. The maximum atomic E-state index is 6.23. The van der Waals surface area contributed by atoms with Crippen molar-refractivity contribution in [1.29, 1.82) is 0 Å². The molecule has 0 radical (unpaired) electrons. The van der Waals surface area contributed by atoms with Crippen molar-refractivity contribution in [2.75, 3.05) is 41.7 Å². The van der Waals surface area contributed by atoms with E-state index in [1.165, 1.54) is 0 Å². The first-order valence-electron chi connectivity index (χ1n) is 8.55. The van der Waals surface area contributed by atoms with E-state index in [1.807, 2.05) is 0 Å². The lowest BCUT2D eigenvalue weighted by Gasteiger charge is -2.35. The first-order chi connectivity index (χ1) is 10.8. The molecule has 4 unspecified atom stereocenters. The van der Waals surface area contributed by atoms with Crippen molar-refractivity contribution in [1.82, 2.24) is 0 Å². The lowest BCUT2D eigenvalue weighted by molar-refractivity contribution is -0.125. The summed E-state index contributed by atoms with van der Waals surface area (Å²) < 4.78 is 28.1. The van der Waals surface area contributed by atoms with Gasteiger partial charge in [0, 0.05) is 41.3 Å². The molecule has 0 aliphatic carbocycles. The molecule has 0 amide bonds. The van der Waals surface area contributed by atoms with E-state index in [4.69, 9.17) is 23.7 Å². The number of rotatable bonds is 14. The predicted octanol–water partition coefficient (Wildman–Crippen LogP) is 3.44. The van der Waals surface area contributed by atoms with Crippen molar-refractivity contribution < 1.29 is 23.7 Å². The smallest absolute Gasteiger partial charge is 0.0832 e. The van der Waals surface area contributed by atoms with Crippen molar-refractivity contribution >= 4 is 0 Å². The van der Waals surface area contributed by atoms with Crippen LogP contribution in [0.5, 0.6) is 0 Å². The van der Waals surface area contributed by atoms with Gasteiger partial charge >= 0.3 is 0 Å². The Morgan fingerprint density at radius 1 is 0.739 bits per heavy atom. The molecule has 4 atom stereocenters. The third-order valence-corrected chi connectivity index (χ3v) is 4.94. The highest BCUT2D eigenvalue weighted by atomic mass is 16.5. The van der Waals surface area contributed by atoms with E-state index in [2.05, 4.69) is 27.7 Å². The van der Waals surface area contributed by atoms with Crippen molar-refractivity contribution in [3.63, 3.8) is 0 Å². The van der Waals surface area contributed by atoms with Crippen LogP contribution in [-0.2, 0) is 23.7 Å². The summed E-state index contributed by atoms with van der Waals surface area (Å²) in [7, 11) is 6.88. The molecule has 0 rings (SSSR count). The number of hydrogen-bond donors (Lipinski definition) is 0. The average Bonchev–Trinajstić information content (AvgIpc) is 2.57. The fraction of sp³-hybridized carbons (Fsp3) is 1.00. The second-order valence-corrected chi connectivity index (χ2v) is 6.70. The number of ether oxygens (including phenoxy) is 5. The molecular formula is C18H38O5. The summed E-state index contributed by atoms with van der Waals surface area (Å²) in [4.78, 5) is 0. The minimum absolute atomic E-state index is 0.00851. The Bertz CT molecular complexity index is 293. The summed E-state index contributed by atoms with van der Waals surface area (Å²) in [6.45, 7) is 9.60. The van der Waals surface area contributed by atoms with Crippen LogP contribution >= 0.6 is 0 Å². The largest absolute Gasteiger partial charge is 0.382 e. The van der Waals surface area contributed by atoms with Gasteiger partial charge in [-0.3, -0.25) is 0 Å². The minimum atomic E-state index is -0.258. The molecule has 0 aromatic heterocycles. The Kier molecular flexibility index (Phi) is 11.3. The standard InChI is InChI=1S/C18H38O5/c1-9-17(3,22-8)11-16(21-7)14-23-18(4,10-2)12-15(20-6)13-19-5/h15-16H,9-14H2,1-8H3. The first kappa shape index (κ1) is 22.8. The van der Waals surface area contributed by atoms with Crippen LogP contribution in [0.3, 0.4) is 0 Å². The van der Waals surface area contributed by atoms with Gasteiger partial charge in [-0.25, -0.2) is 0 Å². The monoisotopic (exact) mass is 334 g/mol. The zero-order valence-corrected chi connectivity index (χ0v) is 16.4. The molecule has 5 nitrogen and oxygen atoms in total. The zero-order chi connectivity index (χ0) is 17.9. The van der Waals surface area contributed by atoms with Gasteiger partial charge in [0.05, 0.1) is 36.6 Å². The van der Waals surface area contributed by atoms with Crippen molar-refractivity contribution in [2.45, 2.75) is 76.8 Å². The zero-order valence-electron chi connectivity index (χ0n) is 16.4. The predicted molar refractivity (Wildman–Crippen MR) is 93.1 cm³/mol. The molecule has 0 fully saturated rings. The van der Waals surface area contributed by atoms with Crippen molar-refractivity contribution in [2.24, 2.45) is 0 Å². The van der Waals surface area contributed by atoms with Gasteiger partial charge < -0.3 is 23.7 Å². The Labute approximate surface area is 143 Å².